The Kier molecular flexibility index (Phi) is 3.91. The number of hydrogen-bond donors (Lipinski definition) is 0. The van der Waals surface area contributed by atoms with Crippen LogP contribution in [0.25, 0.3) is 0 Å². The minimum atomic E-state index is 0.362. The standard InChI is InChI=1S/C22H23ClN2/c23-18-13-11-15(12-14-18)19-21-20(16-7-3-1-4-8-16)25(21)22(24-19)17-9-5-2-6-10-17/h1,3-4,7-8,11-14,17,20-22H,2,5-6,9-10H2/t20-,21-,22+,25?/m1/s1. The van der Waals surface area contributed by atoms with Gasteiger partial charge in [-0.3, -0.25) is 9.89 Å². The molecule has 0 bridgehead atoms. The molecule has 2 heterocycles. The lowest BCUT2D eigenvalue weighted by Crippen LogP contribution is -2.27. The maximum atomic E-state index is 6.09. The third kappa shape index (κ3) is 2.72. The van der Waals surface area contributed by atoms with Crippen molar-refractivity contribution >= 4 is 17.3 Å². The van der Waals surface area contributed by atoms with Crippen LogP contribution in [0.3, 0.4) is 0 Å². The van der Waals surface area contributed by atoms with Gasteiger partial charge < -0.3 is 0 Å². The van der Waals surface area contributed by atoms with Crippen LogP contribution in [0.1, 0.15) is 49.3 Å². The summed E-state index contributed by atoms with van der Waals surface area (Å²) in [4.78, 5) is 7.87. The van der Waals surface area contributed by atoms with Gasteiger partial charge in [-0.05, 0) is 42.0 Å². The molecule has 4 atom stereocenters. The lowest BCUT2D eigenvalue weighted by molar-refractivity contribution is 0.219. The Labute approximate surface area is 154 Å². The van der Waals surface area contributed by atoms with Gasteiger partial charge in [0, 0.05) is 5.02 Å². The molecule has 2 fully saturated rings. The Morgan fingerprint density at radius 3 is 2.28 bits per heavy atom. The second kappa shape index (κ2) is 6.26. The number of halogens is 1. The summed E-state index contributed by atoms with van der Waals surface area (Å²) in [6.07, 6.45) is 7.13. The Hall–Kier alpha value is -1.64. The van der Waals surface area contributed by atoms with Gasteiger partial charge in [-0.25, -0.2) is 0 Å². The fourth-order valence-electron chi connectivity index (χ4n) is 4.80. The second-order valence-electron chi connectivity index (χ2n) is 7.58. The minimum absolute atomic E-state index is 0.362. The van der Waals surface area contributed by atoms with E-state index in [1.54, 1.807) is 0 Å². The SMILES string of the molecule is Clc1ccc(C2=N[C@H](C3CCCCC3)N3[C@H]2[C@H]3c2ccccc2)cc1. The van der Waals surface area contributed by atoms with Crippen LogP contribution in [0, 0.1) is 5.92 Å². The summed E-state index contributed by atoms with van der Waals surface area (Å²) in [6.45, 7) is 0. The maximum Gasteiger partial charge on any atom is 0.106 e. The predicted octanol–water partition coefficient (Wildman–Crippen LogP) is 5.47. The van der Waals surface area contributed by atoms with Crippen LogP contribution in [0.4, 0.5) is 0 Å². The van der Waals surface area contributed by atoms with E-state index in [4.69, 9.17) is 16.6 Å². The van der Waals surface area contributed by atoms with Crippen LogP contribution in [-0.4, -0.2) is 22.8 Å². The Morgan fingerprint density at radius 2 is 1.56 bits per heavy atom. The highest BCUT2D eigenvalue weighted by atomic mass is 35.5. The molecule has 3 aliphatic rings. The first-order valence-corrected chi connectivity index (χ1v) is 9.87. The van der Waals surface area contributed by atoms with Crippen molar-refractivity contribution in [2.75, 3.05) is 0 Å². The summed E-state index contributed by atoms with van der Waals surface area (Å²) in [5.41, 5.74) is 3.92. The highest BCUT2D eigenvalue weighted by molar-refractivity contribution is 6.30. The van der Waals surface area contributed by atoms with Gasteiger partial charge in [-0.1, -0.05) is 73.3 Å². The number of fused-ring (bicyclic) bond motifs is 1. The van der Waals surface area contributed by atoms with Crippen molar-refractivity contribution in [1.82, 2.24) is 4.90 Å². The first kappa shape index (κ1) is 15.6. The van der Waals surface area contributed by atoms with E-state index in [2.05, 4.69) is 47.4 Å². The van der Waals surface area contributed by atoms with Crippen molar-refractivity contribution in [2.45, 2.75) is 50.4 Å². The summed E-state index contributed by atoms with van der Waals surface area (Å²) >= 11 is 6.09. The van der Waals surface area contributed by atoms with Gasteiger partial charge in [-0.2, -0.15) is 0 Å². The lowest BCUT2D eigenvalue weighted by atomic mass is 9.87. The smallest absolute Gasteiger partial charge is 0.106 e. The molecule has 2 nitrogen and oxygen atoms in total. The molecule has 2 aliphatic heterocycles. The number of rotatable bonds is 3. The fourth-order valence-corrected chi connectivity index (χ4v) is 4.93. The van der Waals surface area contributed by atoms with Crippen molar-refractivity contribution in [1.29, 1.82) is 0 Å². The lowest BCUT2D eigenvalue weighted by Gasteiger charge is -2.28. The van der Waals surface area contributed by atoms with E-state index in [1.807, 2.05) is 12.1 Å². The molecule has 1 aliphatic carbocycles. The van der Waals surface area contributed by atoms with E-state index in [9.17, 15) is 0 Å². The van der Waals surface area contributed by atoms with Gasteiger partial charge in [0.1, 0.15) is 6.17 Å². The van der Waals surface area contributed by atoms with Crippen molar-refractivity contribution in [3.05, 3.63) is 70.7 Å². The molecule has 0 radical (unpaired) electrons. The number of hydrogen-bond acceptors (Lipinski definition) is 2. The molecule has 0 spiro atoms. The summed E-state index contributed by atoms with van der Waals surface area (Å²) in [5.74, 6) is 0.717. The average Bonchev–Trinajstić information content (AvgIpc) is 3.28. The molecule has 25 heavy (non-hydrogen) atoms. The molecular formula is C22H23ClN2. The highest BCUT2D eigenvalue weighted by Crippen LogP contribution is 2.53. The monoisotopic (exact) mass is 350 g/mol. The second-order valence-corrected chi connectivity index (χ2v) is 8.02. The molecule has 0 aromatic heterocycles. The average molecular weight is 351 g/mol. The third-order valence-corrected chi connectivity index (χ3v) is 6.31. The van der Waals surface area contributed by atoms with Crippen LogP contribution < -0.4 is 0 Å². The first-order chi connectivity index (χ1) is 12.3. The number of benzene rings is 2. The largest absolute Gasteiger partial charge is 0.268 e. The first-order valence-electron chi connectivity index (χ1n) is 9.49. The van der Waals surface area contributed by atoms with Gasteiger partial charge in [0.15, 0.2) is 0 Å². The van der Waals surface area contributed by atoms with Crippen molar-refractivity contribution < 1.29 is 0 Å². The summed E-state index contributed by atoms with van der Waals surface area (Å²) in [7, 11) is 0. The van der Waals surface area contributed by atoms with Crippen molar-refractivity contribution in [3.8, 4) is 0 Å². The number of nitrogens with zero attached hydrogens (tertiary/aromatic N) is 2. The van der Waals surface area contributed by atoms with Crippen LogP contribution in [0.15, 0.2) is 59.6 Å². The van der Waals surface area contributed by atoms with Crippen LogP contribution in [-0.2, 0) is 0 Å². The van der Waals surface area contributed by atoms with Crippen LogP contribution in [0.2, 0.25) is 5.02 Å². The van der Waals surface area contributed by atoms with E-state index in [1.165, 1.54) is 48.9 Å². The quantitative estimate of drug-likeness (QED) is 0.669. The molecule has 1 unspecified atom stereocenters. The van der Waals surface area contributed by atoms with Gasteiger partial charge in [0.25, 0.3) is 0 Å². The molecule has 128 valence electrons. The molecule has 0 amide bonds. The summed E-state index contributed by atoms with van der Waals surface area (Å²) < 4.78 is 0. The molecule has 5 rings (SSSR count). The molecule has 1 saturated heterocycles. The Bertz CT molecular complexity index is 777. The van der Waals surface area contributed by atoms with Crippen LogP contribution in [0.5, 0.6) is 0 Å². The van der Waals surface area contributed by atoms with Gasteiger partial charge >= 0.3 is 0 Å². The topological polar surface area (TPSA) is 15.4 Å². The normalized spacial score (nSPS) is 31.5. The predicted molar refractivity (Wildman–Crippen MR) is 103 cm³/mol. The maximum absolute atomic E-state index is 6.09. The number of aliphatic imine (C=N–C) groups is 1. The fraction of sp³-hybridized carbons (Fsp3) is 0.409. The van der Waals surface area contributed by atoms with Crippen molar-refractivity contribution in [3.63, 3.8) is 0 Å². The van der Waals surface area contributed by atoms with Gasteiger partial charge in [-0.15, -0.1) is 0 Å². The molecular weight excluding hydrogens is 328 g/mol. The molecule has 1 saturated carbocycles. The molecule has 0 N–H and O–H groups in total. The molecule has 2 aromatic carbocycles. The van der Waals surface area contributed by atoms with E-state index >= 15 is 0 Å². The summed E-state index contributed by atoms with van der Waals surface area (Å²) in [5, 5.41) is 0.790. The molecule has 2 aromatic rings. The van der Waals surface area contributed by atoms with Gasteiger partial charge in [0.2, 0.25) is 0 Å². The zero-order valence-electron chi connectivity index (χ0n) is 14.3. The van der Waals surface area contributed by atoms with Crippen LogP contribution >= 0.6 is 11.6 Å². The summed E-state index contributed by atoms with van der Waals surface area (Å²) in [6, 6.07) is 20.1. The van der Waals surface area contributed by atoms with Crippen molar-refractivity contribution in [2.24, 2.45) is 10.9 Å². The zero-order valence-corrected chi connectivity index (χ0v) is 15.1. The zero-order chi connectivity index (χ0) is 16.8. The van der Waals surface area contributed by atoms with E-state index in [0.29, 0.717) is 18.2 Å². The van der Waals surface area contributed by atoms with E-state index < -0.39 is 0 Å². The van der Waals surface area contributed by atoms with Gasteiger partial charge in [0.05, 0.1) is 17.8 Å². The Morgan fingerprint density at radius 1 is 0.840 bits per heavy atom. The third-order valence-electron chi connectivity index (χ3n) is 6.06. The highest BCUT2D eigenvalue weighted by Gasteiger charge is 2.60. The molecule has 3 heteroatoms. The van der Waals surface area contributed by atoms with E-state index in [-0.39, 0.29) is 0 Å². The minimum Gasteiger partial charge on any atom is -0.268 e. The Balaban J connectivity index is 1.50. The van der Waals surface area contributed by atoms with E-state index in [0.717, 1.165) is 10.9 Å².